The number of carbonyl (C=O) groups is 1. The van der Waals surface area contributed by atoms with Gasteiger partial charge in [-0.05, 0) is 49.2 Å². The Bertz CT molecular complexity index is 1020. The molecule has 0 saturated heterocycles. The van der Waals surface area contributed by atoms with Crippen LogP contribution in [0.5, 0.6) is 11.5 Å². The number of nitrogens with one attached hydrogen (secondary N) is 1. The number of rotatable bonds is 9. The van der Waals surface area contributed by atoms with Crippen molar-refractivity contribution in [3.05, 3.63) is 60.2 Å². The van der Waals surface area contributed by atoms with Gasteiger partial charge in [-0.15, -0.1) is 10.2 Å². The molecule has 4 rings (SSSR count). The van der Waals surface area contributed by atoms with Crippen LogP contribution in [0.15, 0.2) is 53.7 Å². The molecule has 0 aliphatic heterocycles. The van der Waals surface area contributed by atoms with Crippen molar-refractivity contribution in [2.24, 2.45) is 0 Å². The number of amides is 1. The lowest BCUT2D eigenvalue weighted by Gasteiger charge is -2.12. The first kappa shape index (κ1) is 20.2. The van der Waals surface area contributed by atoms with Gasteiger partial charge in [0, 0.05) is 6.04 Å². The Labute approximate surface area is 177 Å². The molecular weight excluding hydrogens is 407 g/mol. The van der Waals surface area contributed by atoms with Gasteiger partial charge in [-0.3, -0.25) is 9.36 Å². The maximum atomic E-state index is 14.5. The van der Waals surface area contributed by atoms with Crippen LogP contribution in [0.4, 0.5) is 4.39 Å². The van der Waals surface area contributed by atoms with Crippen LogP contribution < -0.4 is 14.8 Å². The van der Waals surface area contributed by atoms with E-state index in [0.29, 0.717) is 22.4 Å². The molecule has 9 heteroatoms. The summed E-state index contributed by atoms with van der Waals surface area (Å²) < 4.78 is 27.1. The molecule has 1 heterocycles. The highest BCUT2D eigenvalue weighted by Crippen LogP contribution is 2.26. The SMILES string of the molecule is COc1ccc(OCc2nnc(SCC(=O)NC3CC3)n2-c2ccccc2F)cc1. The molecule has 156 valence electrons. The number of ether oxygens (including phenoxy) is 2. The van der Waals surface area contributed by atoms with Gasteiger partial charge in [-0.1, -0.05) is 23.9 Å². The van der Waals surface area contributed by atoms with Crippen molar-refractivity contribution >= 4 is 17.7 Å². The van der Waals surface area contributed by atoms with E-state index in [1.54, 1.807) is 54.1 Å². The first-order valence-electron chi connectivity index (χ1n) is 9.52. The summed E-state index contributed by atoms with van der Waals surface area (Å²) in [6.07, 6.45) is 2.04. The van der Waals surface area contributed by atoms with Crippen molar-refractivity contribution in [2.75, 3.05) is 12.9 Å². The molecular formula is C21H21FN4O3S. The molecule has 0 spiro atoms. The number of benzene rings is 2. The Morgan fingerprint density at radius 2 is 1.90 bits per heavy atom. The molecule has 0 radical (unpaired) electrons. The van der Waals surface area contributed by atoms with Crippen LogP contribution in [0, 0.1) is 5.82 Å². The fraction of sp³-hybridized carbons (Fsp3) is 0.286. The predicted molar refractivity (Wildman–Crippen MR) is 111 cm³/mol. The summed E-state index contributed by atoms with van der Waals surface area (Å²) in [7, 11) is 1.59. The lowest BCUT2D eigenvalue weighted by molar-refractivity contribution is -0.118. The summed E-state index contributed by atoms with van der Waals surface area (Å²) in [5.74, 6) is 1.48. The van der Waals surface area contributed by atoms with Gasteiger partial charge in [0.1, 0.15) is 23.9 Å². The monoisotopic (exact) mass is 428 g/mol. The molecule has 2 aromatic carbocycles. The van der Waals surface area contributed by atoms with Crippen molar-refractivity contribution in [3.8, 4) is 17.2 Å². The second kappa shape index (κ2) is 9.17. The van der Waals surface area contributed by atoms with Gasteiger partial charge in [-0.2, -0.15) is 0 Å². The fourth-order valence-corrected chi connectivity index (χ4v) is 3.58. The number of hydrogen-bond acceptors (Lipinski definition) is 6. The van der Waals surface area contributed by atoms with Gasteiger partial charge >= 0.3 is 0 Å². The van der Waals surface area contributed by atoms with E-state index in [2.05, 4.69) is 15.5 Å². The highest BCUT2D eigenvalue weighted by Gasteiger charge is 2.24. The van der Waals surface area contributed by atoms with Crippen LogP contribution in [0.2, 0.25) is 0 Å². The molecule has 1 amide bonds. The maximum Gasteiger partial charge on any atom is 0.230 e. The summed E-state index contributed by atoms with van der Waals surface area (Å²) >= 11 is 1.21. The van der Waals surface area contributed by atoms with E-state index in [0.717, 1.165) is 18.6 Å². The van der Waals surface area contributed by atoms with Gasteiger partial charge < -0.3 is 14.8 Å². The number of methoxy groups -OCH3 is 1. The third kappa shape index (κ3) is 4.91. The lowest BCUT2D eigenvalue weighted by Crippen LogP contribution is -2.27. The second-order valence-electron chi connectivity index (χ2n) is 6.78. The number of aromatic nitrogens is 3. The van der Waals surface area contributed by atoms with E-state index >= 15 is 0 Å². The standard InChI is InChI=1S/C21H21FN4O3S/c1-28-15-8-10-16(11-9-15)29-12-19-24-25-21(30-13-20(27)23-14-6-7-14)26(19)18-5-3-2-4-17(18)22/h2-5,8-11,14H,6-7,12-13H2,1H3,(H,23,27). The molecule has 1 fully saturated rings. The normalized spacial score (nSPS) is 13.1. The van der Waals surface area contributed by atoms with E-state index in [1.165, 1.54) is 17.8 Å². The van der Waals surface area contributed by atoms with Crippen molar-refractivity contribution in [2.45, 2.75) is 30.6 Å². The van der Waals surface area contributed by atoms with Gasteiger partial charge in [0.15, 0.2) is 11.0 Å². The minimum atomic E-state index is -0.410. The van der Waals surface area contributed by atoms with Crippen LogP contribution in [0.3, 0.4) is 0 Å². The number of nitrogens with zero attached hydrogens (tertiary/aromatic N) is 3. The Kier molecular flexibility index (Phi) is 6.18. The zero-order chi connectivity index (χ0) is 20.9. The van der Waals surface area contributed by atoms with E-state index in [9.17, 15) is 9.18 Å². The smallest absolute Gasteiger partial charge is 0.230 e. The van der Waals surface area contributed by atoms with Gasteiger partial charge in [0.25, 0.3) is 0 Å². The van der Waals surface area contributed by atoms with Gasteiger partial charge in [-0.25, -0.2) is 4.39 Å². The Morgan fingerprint density at radius 1 is 1.17 bits per heavy atom. The number of carbonyl (C=O) groups excluding carboxylic acids is 1. The molecule has 0 bridgehead atoms. The summed E-state index contributed by atoms with van der Waals surface area (Å²) in [4.78, 5) is 12.1. The molecule has 1 aliphatic rings. The average Bonchev–Trinajstić information content (AvgIpc) is 3.49. The Hall–Kier alpha value is -3.07. The van der Waals surface area contributed by atoms with Crippen molar-refractivity contribution in [1.29, 1.82) is 0 Å². The lowest BCUT2D eigenvalue weighted by atomic mass is 10.3. The van der Waals surface area contributed by atoms with Crippen LogP contribution in [-0.2, 0) is 11.4 Å². The van der Waals surface area contributed by atoms with Crippen LogP contribution >= 0.6 is 11.8 Å². The van der Waals surface area contributed by atoms with Crippen molar-refractivity contribution in [3.63, 3.8) is 0 Å². The summed E-state index contributed by atoms with van der Waals surface area (Å²) in [6, 6.07) is 13.8. The molecule has 0 atom stereocenters. The predicted octanol–water partition coefficient (Wildman–Crippen LogP) is 3.36. The van der Waals surface area contributed by atoms with E-state index in [4.69, 9.17) is 9.47 Å². The average molecular weight is 428 g/mol. The Morgan fingerprint density at radius 3 is 2.60 bits per heavy atom. The zero-order valence-electron chi connectivity index (χ0n) is 16.4. The summed E-state index contributed by atoms with van der Waals surface area (Å²) in [5, 5.41) is 11.7. The van der Waals surface area contributed by atoms with Crippen LogP contribution in [0.25, 0.3) is 5.69 Å². The quantitative estimate of drug-likeness (QED) is 0.527. The topological polar surface area (TPSA) is 78.3 Å². The maximum absolute atomic E-state index is 14.5. The minimum absolute atomic E-state index is 0.0679. The fourth-order valence-electron chi connectivity index (χ4n) is 2.81. The second-order valence-corrected chi connectivity index (χ2v) is 7.72. The molecule has 7 nitrogen and oxygen atoms in total. The largest absolute Gasteiger partial charge is 0.497 e. The van der Waals surface area contributed by atoms with E-state index < -0.39 is 5.82 Å². The number of halogens is 1. The molecule has 1 aromatic heterocycles. The van der Waals surface area contributed by atoms with E-state index in [1.807, 2.05) is 0 Å². The first-order chi connectivity index (χ1) is 14.6. The highest BCUT2D eigenvalue weighted by molar-refractivity contribution is 7.99. The van der Waals surface area contributed by atoms with Crippen LogP contribution in [0.1, 0.15) is 18.7 Å². The molecule has 0 unspecified atom stereocenters. The van der Waals surface area contributed by atoms with Crippen molar-refractivity contribution < 1.29 is 18.7 Å². The molecule has 3 aromatic rings. The van der Waals surface area contributed by atoms with E-state index in [-0.39, 0.29) is 24.3 Å². The third-order valence-corrected chi connectivity index (χ3v) is 5.42. The Balaban J connectivity index is 1.53. The van der Waals surface area contributed by atoms with Crippen molar-refractivity contribution in [1.82, 2.24) is 20.1 Å². The van der Waals surface area contributed by atoms with Gasteiger partial charge in [0.2, 0.25) is 5.91 Å². The number of hydrogen-bond donors (Lipinski definition) is 1. The zero-order valence-corrected chi connectivity index (χ0v) is 17.2. The minimum Gasteiger partial charge on any atom is -0.497 e. The summed E-state index contributed by atoms with van der Waals surface area (Å²) in [5.41, 5.74) is 0.306. The summed E-state index contributed by atoms with van der Waals surface area (Å²) in [6.45, 7) is 0.0858. The molecule has 1 aliphatic carbocycles. The molecule has 1 N–H and O–H groups in total. The number of thioether (sulfide) groups is 1. The molecule has 30 heavy (non-hydrogen) atoms. The highest BCUT2D eigenvalue weighted by atomic mass is 32.2. The molecule has 1 saturated carbocycles. The van der Waals surface area contributed by atoms with Gasteiger partial charge in [0.05, 0.1) is 18.6 Å². The van der Waals surface area contributed by atoms with Crippen LogP contribution in [-0.4, -0.2) is 39.6 Å². The third-order valence-electron chi connectivity index (χ3n) is 4.50. The number of para-hydroxylation sites is 1. The first-order valence-corrected chi connectivity index (χ1v) is 10.5.